The third-order valence-corrected chi connectivity index (χ3v) is 6.19. The van der Waals surface area contributed by atoms with E-state index in [1.165, 1.54) is 24.8 Å². The minimum Gasteiger partial charge on any atom is -0.497 e. The molecule has 0 amide bonds. The van der Waals surface area contributed by atoms with Crippen molar-refractivity contribution in [2.24, 2.45) is 4.99 Å². The molecule has 2 aromatic rings. The first-order chi connectivity index (χ1) is 14.8. The minimum absolute atomic E-state index is 0.534. The van der Waals surface area contributed by atoms with Gasteiger partial charge in [0.15, 0.2) is 5.96 Å². The maximum Gasteiger partial charge on any atom is 0.193 e. The number of nitrogens with one attached hydrogen (secondary N) is 1. The van der Waals surface area contributed by atoms with Crippen LogP contribution in [0, 0.1) is 0 Å². The number of hydrogen-bond donors (Lipinski definition) is 1. The second-order valence-corrected chi connectivity index (χ2v) is 8.19. The van der Waals surface area contributed by atoms with Crippen LogP contribution in [0.3, 0.4) is 0 Å². The molecule has 162 valence electrons. The Balaban J connectivity index is 1.37. The molecule has 0 radical (unpaired) electrons. The number of aromatic nitrogens is 3. The van der Waals surface area contributed by atoms with Gasteiger partial charge in [-0.1, -0.05) is 18.6 Å². The van der Waals surface area contributed by atoms with E-state index >= 15 is 0 Å². The number of hydrogen-bond acceptors (Lipinski definition) is 4. The van der Waals surface area contributed by atoms with Gasteiger partial charge in [-0.05, 0) is 43.9 Å². The number of benzene rings is 1. The summed E-state index contributed by atoms with van der Waals surface area (Å²) in [6.45, 7) is 6.83. The lowest BCUT2D eigenvalue weighted by molar-refractivity contribution is 0.414. The molecule has 1 unspecified atom stereocenters. The fourth-order valence-electron chi connectivity index (χ4n) is 4.52. The number of methoxy groups -OCH3 is 1. The van der Waals surface area contributed by atoms with E-state index in [0.29, 0.717) is 5.92 Å². The Morgan fingerprint density at radius 1 is 1.17 bits per heavy atom. The van der Waals surface area contributed by atoms with Crippen molar-refractivity contribution in [1.82, 2.24) is 25.0 Å². The summed E-state index contributed by atoms with van der Waals surface area (Å²) in [5.41, 5.74) is 1.38. The van der Waals surface area contributed by atoms with Crippen molar-refractivity contribution in [2.75, 3.05) is 33.3 Å². The molecule has 0 saturated carbocycles. The number of likely N-dealkylation sites (tertiary alicyclic amines) is 1. The van der Waals surface area contributed by atoms with Crippen molar-refractivity contribution >= 4 is 5.96 Å². The van der Waals surface area contributed by atoms with Crippen molar-refractivity contribution in [3.63, 3.8) is 0 Å². The van der Waals surface area contributed by atoms with Crippen molar-refractivity contribution in [3.8, 4) is 5.75 Å². The zero-order valence-electron chi connectivity index (χ0n) is 18.3. The van der Waals surface area contributed by atoms with Crippen molar-refractivity contribution < 1.29 is 4.74 Å². The molecular weight excluding hydrogens is 376 g/mol. The van der Waals surface area contributed by atoms with Crippen LogP contribution < -0.4 is 10.1 Å². The van der Waals surface area contributed by atoms with Crippen LogP contribution >= 0.6 is 0 Å². The first kappa shape index (κ1) is 20.7. The number of guanidine groups is 1. The van der Waals surface area contributed by atoms with Crippen molar-refractivity contribution in [3.05, 3.63) is 41.5 Å². The van der Waals surface area contributed by atoms with Crippen molar-refractivity contribution in [2.45, 2.75) is 57.9 Å². The monoisotopic (exact) mass is 410 g/mol. The molecule has 3 heterocycles. The normalized spacial score (nSPS) is 19.5. The van der Waals surface area contributed by atoms with E-state index in [-0.39, 0.29) is 0 Å². The van der Waals surface area contributed by atoms with Gasteiger partial charge in [0, 0.05) is 51.5 Å². The van der Waals surface area contributed by atoms with Gasteiger partial charge in [-0.25, -0.2) is 0 Å². The van der Waals surface area contributed by atoms with Gasteiger partial charge in [0.05, 0.1) is 7.11 Å². The summed E-state index contributed by atoms with van der Waals surface area (Å²) < 4.78 is 7.61. The molecule has 7 nitrogen and oxygen atoms in total. The fraction of sp³-hybridized carbons (Fsp3) is 0.609. The molecule has 30 heavy (non-hydrogen) atoms. The van der Waals surface area contributed by atoms with Crippen LogP contribution in [0.1, 0.15) is 55.7 Å². The summed E-state index contributed by atoms with van der Waals surface area (Å²) in [5.74, 6) is 4.70. The van der Waals surface area contributed by atoms with Gasteiger partial charge in [0.2, 0.25) is 0 Å². The molecule has 1 aromatic heterocycles. The first-order valence-corrected chi connectivity index (χ1v) is 11.4. The maximum atomic E-state index is 5.29. The molecule has 4 rings (SSSR count). The summed E-state index contributed by atoms with van der Waals surface area (Å²) in [5, 5.41) is 12.3. The predicted molar refractivity (Wildman–Crippen MR) is 119 cm³/mol. The van der Waals surface area contributed by atoms with Crippen LogP contribution in [0.5, 0.6) is 5.75 Å². The molecule has 7 heteroatoms. The lowest BCUT2D eigenvalue weighted by Crippen LogP contribution is -2.40. The summed E-state index contributed by atoms with van der Waals surface area (Å²) >= 11 is 0. The molecule has 2 aliphatic heterocycles. The zero-order valence-corrected chi connectivity index (χ0v) is 18.3. The van der Waals surface area contributed by atoms with E-state index in [4.69, 9.17) is 9.73 Å². The second kappa shape index (κ2) is 9.96. The van der Waals surface area contributed by atoms with E-state index in [9.17, 15) is 0 Å². The van der Waals surface area contributed by atoms with Gasteiger partial charge >= 0.3 is 0 Å². The lowest BCUT2D eigenvalue weighted by Gasteiger charge is -2.22. The number of nitrogens with zero attached hydrogens (tertiary/aromatic N) is 5. The van der Waals surface area contributed by atoms with Crippen LogP contribution in [0.4, 0.5) is 0 Å². The molecule has 1 fully saturated rings. The number of fused-ring (bicyclic) bond motifs is 1. The summed E-state index contributed by atoms with van der Waals surface area (Å²) in [7, 11) is 1.71. The Kier molecular flexibility index (Phi) is 6.87. The van der Waals surface area contributed by atoms with E-state index in [0.717, 1.165) is 75.3 Å². The lowest BCUT2D eigenvalue weighted by atomic mass is 9.98. The Labute approximate surface area is 179 Å². The van der Waals surface area contributed by atoms with Crippen LogP contribution in [-0.2, 0) is 19.4 Å². The van der Waals surface area contributed by atoms with Crippen LogP contribution in [0.15, 0.2) is 29.3 Å². The molecule has 1 N–H and O–H groups in total. The highest BCUT2D eigenvalue weighted by Crippen LogP contribution is 2.28. The Morgan fingerprint density at radius 3 is 2.83 bits per heavy atom. The molecule has 1 atom stereocenters. The summed E-state index contributed by atoms with van der Waals surface area (Å²) in [6.07, 6.45) is 6.79. The predicted octanol–water partition coefficient (Wildman–Crippen LogP) is 3.01. The van der Waals surface area contributed by atoms with Crippen LogP contribution in [0.2, 0.25) is 0 Å². The highest BCUT2D eigenvalue weighted by atomic mass is 16.5. The van der Waals surface area contributed by atoms with Gasteiger partial charge < -0.3 is 19.5 Å². The van der Waals surface area contributed by atoms with Gasteiger partial charge in [0.25, 0.3) is 0 Å². The molecular formula is C23H34N6O. The third-order valence-electron chi connectivity index (χ3n) is 6.19. The van der Waals surface area contributed by atoms with Crippen LogP contribution in [-0.4, -0.2) is 58.9 Å². The molecule has 0 bridgehead atoms. The summed E-state index contributed by atoms with van der Waals surface area (Å²) in [4.78, 5) is 7.32. The SMILES string of the molecule is CCNC(=NCCc1nnc2n1CCCCC2)N1CCC(c2ccc(OC)cc2)C1. The van der Waals surface area contributed by atoms with Gasteiger partial charge in [-0.2, -0.15) is 0 Å². The van der Waals surface area contributed by atoms with Gasteiger partial charge in [-0.15, -0.1) is 10.2 Å². The standard InChI is InChI=1S/C23H34N6O/c1-3-24-23(25-14-12-22-27-26-21-7-5-4-6-15-29(21)22)28-16-13-19(17-28)18-8-10-20(30-2)11-9-18/h8-11,19H,3-7,12-17H2,1-2H3,(H,24,25). The average Bonchev–Trinajstić information content (AvgIpc) is 3.34. The van der Waals surface area contributed by atoms with Gasteiger partial charge in [0.1, 0.15) is 17.4 Å². The topological polar surface area (TPSA) is 67.6 Å². The first-order valence-electron chi connectivity index (χ1n) is 11.4. The largest absolute Gasteiger partial charge is 0.497 e. The molecule has 1 saturated heterocycles. The summed E-state index contributed by atoms with van der Waals surface area (Å²) in [6, 6.07) is 8.49. The van der Waals surface area contributed by atoms with Crippen molar-refractivity contribution in [1.29, 1.82) is 0 Å². The van der Waals surface area contributed by atoms with E-state index in [1.807, 2.05) is 0 Å². The highest BCUT2D eigenvalue weighted by Gasteiger charge is 2.26. The Morgan fingerprint density at radius 2 is 2.03 bits per heavy atom. The molecule has 0 spiro atoms. The van der Waals surface area contributed by atoms with E-state index in [2.05, 4.69) is 56.2 Å². The van der Waals surface area contributed by atoms with Crippen LogP contribution in [0.25, 0.3) is 0 Å². The number of aryl methyl sites for hydroxylation is 1. The maximum absolute atomic E-state index is 5.29. The molecule has 0 aliphatic carbocycles. The number of rotatable bonds is 6. The van der Waals surface area contributed by atoms with Gasteiger partial charge in [-0.3, -0.25) is 4.99 Å². The van der Waals surface area contributed by atoms with E-state index < -0.39 is 0 Å². The minimum atomic E-state index is 0.534. The fourth-order valence-corrected chi connectivity index (χ4v) is 4.52. The van der Waals surface area contributed by atoms with E-state index in [1.54, 1.807) is 7.11 Å². The second-order valence-electron chi connectivity index (χ2n) is 8.19. The third kappa shape index (κ3) is 4.77. The zero-order chi connectivity index (χ0) is 20.8. The molecule has 1 aromatic carbocycles. The Hall–Kier alpha value is -2.57. The average molecular weight is 411 g/mol. The Bertz CT molecular complexity index is 844. The molecule has 2 aliphatic rings. The quantitative estimate of drug-likeness (QED) is 0.586. The highest BCUT2D eigenvalue weighted by molar-refractivity contribution is 5.80. The number of ether oxygens (including phenoxy) is 1. The smallest absolute Gasteiger partial charge is 0.193 e. The number of aliphatic imine (C=N–C) groups is 1.